The molecule has 0 saturated carbocycles. The molecule has 0 saturated heterocycles. The van der Waals surface area contributed by atoms with E-state index in [1.54, 1.807) is 0 Å². The minimum absolute atomic E-state index is 0.486. The number of carbonyl (C=O) groups is 1. The van der Waals surface area contributed by atoms with Gasteiger partial charge in [-0.15, -0.1) is 5.10 Å². The molecule has 0 amide bonds. The van der Waals surface area contributed by atoms with E-state index < -0.39 is 23.8 Å². The molecule has 0 aliphatic heterocycles. The maximum Gasteiger partial charge on any atom is 0.453 e. The molecule has 0 aromatic carbocycles. The first-order chi connectivity index (χ1) is 6.36. The number of hydrogen-bond donors (Lipinski definition) is 0. The molecule has 0 N–H and O–H groups in total. The number of rotatable bonds is 1. The van der Waals surface area contributed by atoms with Gasteiger partial charge in [0.25, 0.3) is 5.82 Å². The molecule has 0 radical (unpaired) electrons. The van der Waals surface area contributed by atoms with Gasteiger partial charge in [0.05, 0.1) is 7.11 Å². The van der Waals surface area contributed by atoms with Crippen molar-refractivity contribution in [2.24, 2.45) is 7.05 Å². The van der Waals surface area contributed by atoms with Crippen molar-refractivity contribution < 1.29 is 22.7 Å². The Labute approximate surface area is 76.5 Å². The first-order valence-corrected chi connectivity index (χ1v) is 3.43. The van der Waals surface area contributed by atoms with Crippen molar-refractivity contribution >= 4 is 5.97 Å². The molecule has 1 heterocycles. The summed E-state index contributed by atoms with van der Waals surface area (Å²) >= 11 is 0. The van der Waals surface area contributed by atoms with E-state index in [0.717, 1.165) is 7.11 Å². The van der Waals surface area contributed by atoms with Crippen LogP contribution in [0.2, 0.25) is 0 Å². The number of methoxy groups -OCH3 is 1. The maximum atomic E-state index is 12.1. The Kier molecular flexibility index (Phi) is 2.45. The molecule has 1 aromatic rings. The number of aromatic nitrogens is 3. The van der Waals surface area contributed by atoms with E-state index in [1.165, 1.54) is 7.05 Å². The Morgan fingerprint density at radius 1 is 1.50 bits per heavy atom. The van der Waals surface area contributed by atoms with Crippen LogP contribution in [0.4, 0.5) is 13.2 Å². The first kappa shape index (κ1) is 10.5. The number of aryl methyl sites for hydroxylation is 1. The highest BCUT2D eigenvalue weighted by Gasteiger charge is 2.37. The quantitative estimate of drug-likeness (QED) is 0.636. The van der Waals surface area contributed by atoms with Gasteiger partial charge in [-0.2, -0.15) is 18.2 Å². The Bertz CT molecular complexity index is 358. The van der Waals surface area contributed by atoms with Crippen LogP contribution < -0.4 is 0 Å². The molecule has 78 valence electrons. The molecular weight excluding hydrogens is 203 g/mol. The summed E-state index contributed by atoms with van der Waals surface area (Å²) < 4.78 is 41.1. The topological polar surface area (TPSA) is 57.0 Å². The molecular formula is C6H6F3N3O2. The number of hydrogen-bond acceptors (Lipinski definition) is 4. The van der Waals surface area contributed by atoms with E-state index >= 15 is 0 Å². The predicted octanol–water partition coefficient (Wildman–Crippen LogP) is 0.621. The van der Waals surface area contributed by atoms with E-state index in [2.05, 4.69) is 14.8 Å². The second-order valence-corrected chi connectivity index (χ2v) is 2.37. The highest BCUT2D eigenvalue weighted by atomic mass is 19.4. The van der Waals surface area contributed by atoms with E-state index in [1.807, 2.05) is 0 Å². The monoisotopic (exact) mass is 209 g/mol. The predicted molar refractivity (Wildman–Crippen MR) is 37.3 cm³/mol. The molecule has 1 aromatic heterocycles. The maximum absolute atomic E-state index is 12.1. The lowest BCUT2D eigenvalue weighted by atomic mass is 10.6. The fraction of sp³-hybridized carbons (Fsp3) is 0.500. The van der Waals surface area contributed by atoms with Gasteiger partial charge in [0.1, 0.15) is 0 Å². The SMILES string of the molecule is COC(=O)c1nc(C(F)(F)F)nn1C. The highest BCUT2D eigenvalue weighted by molar-refractivity contribution is 5.85. The summed E-state index contributed by atoms with van der Waals surface area (Å²) in [4.78, 5) is 13.9. The molecule has 0 fully saturated rings. The summed E-state index contributed by atoms with van der Waals surface area (Å²) in [7, 11) is 2.22. The highest BCUT2D eigenvalue weighted by Crippen LogP contribution is 2.26. The molecule has 0 spiro atoms. The van der Waals surface area contributed by atoms with Crippen molar-refractivity contribution in [2.75, 3.05) is 7.11 Å². The molecule has 14 heavy (non-hydrogen) atoms. The Hall–Kier alpha value is -1.60. The fourth-order valence-electron chi connectivity index (χ4n) is 0.774. The summed E-state index contributed by atoms with van der Waals surface area (Å²) in [6.45, 7) is 0. The minimum atomic E-state index is -4.66. The second kappa shape index (κ2) is 3.28. The van der Waals surface area contributed by atoms with Crippen LogP contribution in [0.1, 0.15) is 16.4 Å². The van der Waals surface area contributed by atoms with E-state index in [0.29, 0.717) is 4.68 Å². The summed E-state index contributed by atoms with van der Waals surface area (Å²) in [5.41, 5.74) is 0. The van der Waals surface area contributed by atoms with Gasteiger partial charge in [-0.1, -0.05) is 0 Å². The van der Waals surface area contributed by atoms with Gasteiger partial charge in [0.2, 0.25) is 5.82 Å². The molecule has 1 rings (SSSR count). The third-order valence-electron chi connectivity index (χ3n) is 1.38. The minimum Gasteiger partial charge on any atom is -0.463 e. The molecule has 8 heteroatoms. The first-order valence-electron chi connectivity index (χ1n) is 3.43. The number of nitrogens with zero attached hydrogens (tertiary/aromatic N) is 3. The lowest BCUT2D eigenvalue weighted by Crippen LogP contribution is -2.09. The summed E-state index contributed by atoms with van der Waals surface area (Å²) in [5, 5.41) is 3.03. The van der Waals surface area contributed by atoms with Gasteiger partial charge < -0.3 is 4.74 Å². The summed E-state index contributed by atoms with van der Waals surface area (Å²) in [6, 6.07) is 0. The molecule has 0 unspecified atom stereocenters. The van der Waals surface area contributed by atoms with Gasteiger partial charge in [-0.05, 0) is 0 Å². The lowest BCUT2D eigenvalue weighted by molar-refractivity contribution is -0.144. The van der Waals surface area contributed by atoms with Crippen molar-refractivity contribution in [3.8, 4) is 0 Å². The summed E-state index contributed by atoms with van der Waals surface area (Å²) in [5.74, 6) is -2.81. The molecule has 0 atom stereocenters. The number of alkyl halides is 3. The van der Waals surface area contributed by atoms with Crippen LogP contribution in [0.5, 0.6) is 0 Å². The number of esters is 1. The van der Waals surface area contributed by atoms with Crippen LogP contribution in [-0.4, -0.2) is 27.8 Å². The largest absolute Gasteiger partial charge is 0.463 e. The van der Waals surface area contributed by atoms with E-state index in [9.17, 15) is 18.0 Å². The van der Waals surface area contributed by atoms with E-state index in [-0.39, 0.29) is 0 Å². The summed E-state index contributed by atoms with van der Waals surface area (Å²) in [6.07, 6.45) is -4.66. The van der Waals surface area contributed by atoms with Crippen molar-refractivity contribution in [3.63, 3.8) is 0 Å². The van der Waals surface area contributed by atoms with Gasteiger partial charge in [0.15, 0.2) is 0 Å². The standard InChI is InChI=1S/C6H6F3N3O2/c1-12-3(4(13)14-2)10-5(11-12)6(7,8)9/h1-2H3. The van der Waals surface area contributed by atoms with Crippen LogP contribution in [0.15, 0.2) is 0 Å². The Morgan fingerprint density at radius 2 is 2.07 bits per heavy atom. The lowest BCUT2D eigenvalue weighted by Gasteiger charge is -1.97. The molecule has 0 aliphatic carbocycles. The van der Waals surface area contributed by atoms with E-state index in [4.69, 9.17) is 0 Å². The average Bonchev–Trinajstić information content (AvgIpc) is 2.45. The normalized spacial score (nSPS) is 11.5. The number of halogens is 3. The van der Waals surface area contributed by atoms with Crippen molar-refractivity contribution in [2.45, 2.75) is 6.18 Å². The van der Waals surface area contributed by atoms with Gasteiger partial charge in [-0.25, -0.2) is 9.48 Å². The zero-order valence-electron chi connectivity index (χ0n) is 7.29. The van der Waals surface area contributed by atoms with Crippen LogP contribution >= 0.6 is 0 Å². The van der Waals surface area contributed by atoms with Gasteiger partial charge >= 0.3 is 12.1 Å². The molecule has 5 nitrogen and oxygen atoms in total. The third-order valence-corrected chi connectivity index (χ3v) is 1.38. The van der Waals surface area contributed by atoms with Crippen LogP contribution in [0, 0.1) is 0 Å². The average molecular weight is 209 g/mol. The zero-order valence-corrected chi connectivity index (χ0v) is 7.29. The van der Waals surface area contributed by atoms with Crippen molar-refractivity contribution in [1.29, 1.82) is 0 Å². The second-order valence-electron chi connectivity index (χ2n) is 2.37. The van der Waals surface area contributed by atoms with Crippen LogP contribution in [-0.2, 0) is 18.0 Å². The zero-order chi connectivity index (χ0) is 10.9. The van der Waals surface area contributed by atoms with Gasteiger partial charge in [0, 0.05) is 7.05 Å². The van der Waals surface area contributed by atoms with Crippen molar-refractivity contribution in [1.82, 2.24) is 14.8 Å². The van der Waals surface area contributed by atoms with Crippen molar-refractivity contribution in [3.05, 3.63) is 11.6 Å². The molecule has 0 bridgehead atoms. The smallest absolute Gasteiger partial charge is 0.453 e. The third kappa shape index (κ3) is 1.83. The fourth-order valence-corrected chi connectivity index (χ4v) is 0.774. The van der Waals surface area contributed by atoms with Crippen LogP contribution in [0.25, 0.3) is 0 Å². The Balaban J connectivity index is 3.12. The Morgan fingerprint density at radius 3 is 2.43 bits per heavy atom. The van der Waals surface area contributed by atoms with Crippen LogP contribution in [0.3, 0.4) is 0 Å². The molecule has 0 aliphatic rings. The number of carbonyl (C=O) groups excluding carboxylic acids is 1. The number of ether oxygens (including phenoxy) is 1. The van der Waals surface area contributed by atoms with Gasteiger partial charge in [-0.3, -0.25) is 0 Å².